The molecule has 3 fully saturated rings. The SMILES string of the molecule is C[C@@H]1C[C@H]2[C@@H]3CC(F)=C4CC(=O)C=C[C@]4(C)[C@@]3(F)[C@@H](O)C[C@]2(C)[C@@]1(OC(=O)OC1CCCC1)C(=O)OCF. The van der Waals surface area contributed by atoms with Crippen molar-refractivity contribution >= 4 is 17.9 Å². The normalized spacial score (nSPS) is 44.3. The molecule has 0 spiro atoms. The summed E-state index contributed by atoms with van der Waals surface area (Å²) in [4.78, 5) is 38.5. The van der Waals surface area contributed by atoms with Gasteiger partial charge in [-0.15, -0.1) is 0 Å². The Morgan fingerprint density at radius 1 is 1.18 bits per heavy atom. The Hall–Kier alpha value is -2.36. The van der Waals surface area contributed by atoms with E-state index in [0.717, 1.165) is 12.8 Å². The minimum atomic E-state index is -2.36. The lowest BCUT2D eigenvalue weighted by Crippen LogP contribution is -2.70. The van der Waals surface area contributed by atoms with Gasteiger partial charge in [0.05, 0.1) is 6.10 Å². The third kappa shape index (κ3) is 3.47. The third-order valence-corrected chi connectivity index (χ3v) is 10.5. The second-order valence-corrected chi connectivity index (χ2v) is 12.2. The van der Waals surface area contributed by atoms with E-state index in [0.29, 0.717) is 12.8 Å². The average Bonchev–Trinajstić information content (AvgIpc) is 3.43. The van der Waals surface area contributed by atoms with E-state index in [2.05, 4.69) is 0 Å². The van der Waals surface area contributed by atoms with Crippen LogP contribution >= 0.6 is 0 Å². The molecule has 0 bridgehead atoms. The lowest BCUT2D eigenvalue weighted by atomic mass is 9.45. The predicted octanol–water partition coefficient (Wildman–Crippen LogP) is 5.21. The van der Waals surface area contributed by atoms with Crippen LogP contribution in [0.3, 0.4) is 0 Å². The first kappa shape index (κ1) is 27.2. The minimum absolute atomic E-state index is 0.0249. The van der Waals surface area contributed by atoms with Crippen molar-refractivity contribution in [3.63, 3.8) is 0 Å². The van der Waals surface area contributed by atoms with E-state index in [1.54, 1.807) is 13.8 Å². The van der Waals surface area contributed by atoms with Crippen LogP contribution in [-0.4, -0.2) is 53.4 Å². The Kier molecular flexibility index (Phi) is 6.52. The van der Waals surface area contributed by atoms with Crippen LogP contribution in [0.5, 0.6) is 0 Å². The van der Waals surface area contributed by atoms with Gasteiger partial charge in [0.2, 0.25) is 12.5 Å². The van der Waals surface area contributed by atoms with Crippen LogP contribution in [0.1, 0.15) is 72.1 Å². The van der Waals surface area contributed by atoms with Crippen LogP contribution < -0.4 is 0 Å². The molecule has 0 radical (unpaired) electrons. The highest BCUT2D eigenvalue weighted by molar-refractivity contribution is 5.93. The summed E-state index contributed by atoms with van der Waals surface area (Å²) >= 11 is 0. The van der Waals surface area contributed by atoms with Gasteiger partial charge in [-0.3, -0.25) is 4.79 Å². The molecular weight excluding hydrogens is 505 g/mol. The minimum Gasteiger partial charge on any atom is -0.431 e. The van der Waals surface area contributed by atoms with Gasteiger partial charge in [0.1, 0.15) is 11.9 Å². The number of hydrogen-bond acceptors (Lipinski definition) is 7. The van der Waals surface area contributed by atoms with Crippen LogP contribution in [0, 0.1) is 28.6 Å². The Morgan fingerprint density at radius 3 is 2.53 bits per heavy atom. The van der Waals surface area contributed by atoms with Gasteiger partial charge in [-0.05, 0) is 63.0 Å². The maximum Gasteiger partial charge on any atom is 0.509 e. The summed E-state index contributed by atoms with van der Waals surface area (Å²) in [5.41, 5.74) is -7.41. The standard InChI is InChI=1S/C28H35F3O7/c1-15-10-18-19-12-21(30)20-11-16(32)8-9-25(20,2)27(19,31)22(33)13-26(18,3)28(15,23(34)36-14-29)38-24(35)37-17-6-4-5-7-17/h8-9,15,17-19,22,33H,4-7,10-14H2,1-3H3/t15-,18+,19+,22+,25+,26+,27+,28+/m1/s1. The van der Waals surface area contributed by atoms with Gasteiger partial charge in [0.25, 0.3) is 0 Å². The van der Waals surface area contributed by atoms with Crippen LogP contribution in [-0.2, 0) is 23.8 Å². The fraction of sp³-hybridized carbons (Fsp3) is 0.750. The topological polar surface area (TPSA) is 99.1 Å². The maximum atomic E-state index is 17.4. The first-order chi connectivity index (χ1) is 17.8. The van der Waals surface area contributed by atoms with Crippen molar-refractivity contribution < 1.29 is 46.9 Å². The summed E-state index contributed by atoms with van der Waals surface area (Å²) in [6.45, 7) is 3.23. The number of esters is 1. The highest BCUT2D eigenvalue weighted by Crippen LogP contribution is 2.71. The van der Waals surface area contributed by atoms with E-state index in [1.165, 1.54) is 19.1 Å². The Morgan fingerprint density at radius 2 is 1.87 bits per heavy atom. The quantitative estimate of drug-likeness (QED) is 0.489. The van der Waals surface area contributed by atoms with Gasteiger partial charge in [0.15, 0.2) is 11.5 Å². The van der Waals surface area contributed by atoms with Gasteiger partial charge in [-0.2, -0.15) is 0 Å². The smallest absolute Gasteiger partial charge is 0.431 e. The molecule has 0 aromatic rings. The first-order valence-electron chi connectivity index (χ1n) is 13.4. The molecule has 210 valence electrons. The number of hydrogen-bond donors (Lipinski definition) is 1. The molecule has 5 rings (SSSR count). The van der Waals surface area contributed by atoms with Crippen LogP contribution in [0.4, 0.5) is 18.0 Å². The molecule has 10 heteroatoms. The molecule has 8 atom stereocenters. The monoisotopic (exact) mass is 540 g/mol. The zero-order valence-corrected chi connectivity index (χ0v) is 21.9. The number of ketones is 1. The third-order valence-electron chi connectivity index (χ3n) is 10.5. The molecule has 5 aliphatic rings. The van der Waals surface area contributed by atoms with E-state index in [-0.39, 0.29) is 43.1 Å². The molecule has 0 unspecified atom stereocenters. The summed E-state index contributed by atoms with van der Waals surface area (Å²) in [5.74, 6) is -4.72. The first-order valence-corrected chi connectivity index (χ1v) is 13.4. The van der Waals surface area contributed by atoms with Gasteiger partial charge in [-0.1, -0.05) is 19.9 Å². The van der Waals surface area contributed by atoms with Crippen LogP contribution in [0.2, 0.25) is 0 Å². The van der Waals surface area contributed by atoms with Gasteiger partial charge in [-0.25, -0.2) is 22.8 Å². The summed E-state index contributed by atoms with van der Waals surface area (Å²) in [7, 11) is 0. The number of fused-ring (bicyclic) bond motifs is 5. The van der Waals surface area contributed by atoms with Crippen molar-refractivity contribution in [1.82, 2.24) is 0 Å². The van der Waals surface area contributed by atoms with Gasteiger partial charge in [0, 0.05) is 35.5 Å². The van der Waals surface area contributed by atoms with Gasteiger partial charge >= 0.3 is 12.1 Å². The van der Waals surface area contributed by atoms with E-state index >= 15 is 8.78 Å². The second-order valence-electron chi connectivity index (χ2n) is 12.2. The van der Waals surface area contributed by atoms with Crippen molar-refractivity contribution in [2.75, 3.05) is 6.86 Å². The molecule has 0 saturated heterocycles. The summed E-state index contributed by atoms with van der Waals surface area (Å²) in [6.07, 6.45) is 1.60. The number of carbonyl (C=O) groups is 3. The molecular formula is C28H35F3O7. The van der Waals surface area contributed by atoms with Crippen LogP contribution in [0.25, 0.3) is 0 Å². The highest BCUT2D eigenvalue weighted by Gasteiger charge is 2.78. The van der Waals surface area contributed by atoms with Crippen molar-refractivity contribution in [2.45, 2.75) is 95.6 Å². The van der Waals surface area contributed by atoms with E-state index < -0.39 is 70.8 Å². The summed E-state index contributed by atoms with van der Waals surface area (Å²) in [5, 5.41) is 11.5. The fourth-order valence-corrected chi connectivity index (χ4v) is 8.65. The molecule has 1 N–H and O–H groups in total. The number of carbonyl (C=O) groups excluding carboxylic acids is 3. The molecule has 0 aromatic heterocycles. The Balaban J connectivity index is 1.58. The number of halogens is 3. The lowest BCUT2D eigenvalue weighted by Gasteiger charge is -2.62. The second kappa shape index (κ2) is 9.10. The van der Waals surface area contributed by atoms with Crippen molar-refractivity contribution in [3.8, 4) is 0 Å². The molecule has 0 aliphatic heterocycles. The zero-order chi connectivity index (χ0) is 27.7. The predicted molar refractivity (Wildman–Crippen MR) is 128 cm³/mol. The number of allylic oxidation sites excluding steroid dienone is 4. The number of aliphatic hydroxyl groups excluding tert-OH is 1. The van der Waals surface area contributed by atoms with Crippen molar-refractivity contribution in [2.24, 2.45) is 28.6 Å². The molecule has 0 heterocycles. The number of ether oxygens (including phenoxy) is 3. The molecule has 38 heavy (non-hydrogen) atoms. The van der Waals surface area contributed by atoms with Crippen molar-refractivity contribution in [3.05, 3.63) is 23.6 Å². The number of alkyl halides is 2. The lowest BCUT2D eigenvalue weighted by molar-refractivity contribution is -0.230. The molecule has 7 nitrogen and oxygen atoms in total. The molecule has 0 aromatic carbocycles. The van der Waals surface area contributed by atoms with E-state index in [9.17, 15) is 23.9 Å². The Labute approximate surface area is 219 Å². The summed E-state index contributed by atoms with van der Waals surface area (Å²) < 4.78 is 62.3. The van der Waals surface area contributed by atoms with Gasteiger partial charge < -0.3 is 19.3 Å². The van der Waals surface area contributed by atoms with E-state index in [1.807, 2.05) is 0 Å². The molecule has 0 amide bonds. The summed E-state index contributed by atoms with van der Waals surface area (Å²) in [6, 6.07) is 0. The highest BCUT2D eigenvalue weighted by atomic mass is 19.1. The van der Waals surface area contributed by atoms with Crippen LogP contribution in [0.15, 0.2) is 23.6 Å². The molecule has 3 saturated carbocycles. The van der Waals surface area contributed by atoms with Crippen molar-refractivity contribution in [1.29, 1.82) is 0 Å². The largest absolute Gasteiger partial charge is 0.509 e. The average molecular weight is 541 g/mol. The van der Waals surface area contributed by atoms with E-state index in [4.69, 9.17) is 14.2 Å². The zero-order valence-electron chi connectivity index (χ0n) is 21.9. The number of rotatable bonds is 4. The maximum absolute atomic E-state index is 17.4. The fourth-order valence-electron chi connectivity index (χ4n) is 8.65. The number of aliphatic hydroxyl groups is 1. The molecule has 5 aliphatic carbocycles. The Bertz CT molecular complexity index is 1100.